The Morgan fingerprint density at radius 2 is 1.90 bits per heavy atom. The van der Waals surface area contributed by atoms with Crippen molar-refractivity contribution in [3.63, 3.8) is 0 Å². The Morgan fingerprint density at radius 1 is 1.23 bits per heavy atom. The normalized spacial score (nSPS) is 21.8. The van der Waals surface area contributed by atoms with Crippen LogP contribution in [-0.2, 0) is 10.3 Å². The maximum atomic E-state index is 11.3. The van der Waals surface area contributed by atoms with E-state index in [4.69, 9.17) is 26.3 Å². The van der Waals surface area contributed by atoms with Crippen molar-refractivity contribution in [2.24, 2.45) is 11.5 Å². The molecular formula is C22H34ClN5O2. The molecule has 3 atom stereocenters. The minimum Gasteiger partial charge on any atom is -0.377 e. The first kappa shape index (κ1) is 24.3. The van der Waals surface area contributed by atoms with E-state index < -0.39 is 5.91 Å². The third kappa shape index (κ3) is 5.39. The lowest BCUT2D eigenvalue weighted by atomic mass is 9.83. The molecule has 4 N–H and O–H groups in total. The Bertz CT molecular complexity index is 844. The number of amides is 1. The van der Waals surface area contributed by atoms with Gasteiger partial charge in [0.05, 0.1) is 11.6 Å². The first-order valence-electron chi connectivity index (χ1n) is 10.5. The van der Waals surface area contributed by atoms with Gasteiger partial charge in [-0.05, 0) is 58.6 Å². The number of primary amides is 1. The molecule has 2 aromatic rings. The topological polar surface area (TPSA) is 109 Å². The molecule has 1 aliphatic carbocycles. The molecular weight excluding hydrogens is 402 g/mol. The van der Waals surface area contributed by atoms with Gasteiger partial charge in [-0.25, -0.2) is 9.67 Å². The van der Waals surface area contributed by atoms with Gasteiger partial charge < -0.3 is 16.2 Å². The predicted octanol–water partition coefficient (Wildman–Crippen LogP) is 3.61. The zero-order valence-corrected chi connectivity index (χ0v) is 19.1. The number of hydrogen-bond acceptors (Lipinski definition) is 5. The number of ether oxygens (including phenoxy) is 1. The summed E-state index contributed by atoms with van der Waals surface area (Å²) in [6.07, 6.45) is 3.88. The molecule has 0 spiro atoms. The van der Waals surface area contributed by atoms with Crippen LogP contribution in [0.4, 0.5) is 0 Å². The first-order chi connectivity index (χ1) is 13.7. The lowest BCUT2D eigenvalue weighted by Crippen LogP contribution is -2.42. The highest BCUT2D eigenvalue weighted by Crippen LogP contribution is 2.35. The SMILES string of the molecule is CCCO[C@@H]1CC[C@H](c2nc(-c3ccc(C(N)=O)cc3)nn2C(C)(C)C)C[C@H]1N.Cl. The van der Waals surface area contributed by atoms with Crippen molar-refractivity contribution in [3.8, 4) is 11.4 Å². The van der Waals surface area contributed by atoms with Crippen LogP contribution >= 0.6 is 12.4 Å². The summed E-state index contributed by atoms with van der Waals surface area (Å²) >= 11 is 0. The van der Waals surface area contributed by atoms with E-state index in [2.05, 4.69) is 27.7 Å². The molecule has 7 nitrogen and oxygen atoms in total. The monoisotopic (exact) mass is 435 g/mol. The van der Waals surface area contributed by atoms with Crippen molar-refractivity contribution in [1.82, 2.24) is 14.8 Å². The fraction of sp³-hybridized carbons (Fsp3) is 0.591. The second-order valence-electron chi connectivity index (χ2n) is 8.90. The van der Waals surface area contributed by atoms with E-state index in [9.17, 15) is 4.79 Å². The van der Waals surface area contributed by atoms with E-state index in [-0.39, 0.29) is 36.0 Å². The van der Waals surface area contributed by atoms with Crippen molar-refractivity contribution >= 4 is 18.3 Å². The molecule has 3 rings (SSSR count). The summed E-state index contributed by atoms with van der Waals surface area (Å²) in [5.41, 5.74) is 12.9. The molecule has 0 bridgehead atoms. The van der Waals surface area contributed by atoms with Gasteiger partial charge in [0.25, 0.3) is 0 Å². The van der Waals surface area contributed by atoms with Crippen LogP contribution in [0.25, 0.3) is 11.4 Å². The molecule has 0 unspecified atom stereocenters. The van der Waals surface area contributed by atoms with Crippen molar-refractivity contribution in [2.75, 3.05) is 6.61 Å². The Kier molecular flexibility index (Phi) is 8.02. The van der Waals surface area contributed by atoms with Gasteiger partial charge in [-0.2, -0.15) is 5.10 Å². The summed E-state index contributed by atoms with van der Waals surface area (Å²) in [6, 6.07) is 7.10. The molecule has 8 heteroatoms. The molecule has 30 heavy (non-hydrogen) atoms. The zero-order chi connectivity index (χ0) is 21.2. The third-order valence-electron chi connectivity index (χ3n) is 5.43. The molecule has 1 saturated carbocycles. The van der Waals surface area contributed by atoms with Crippen LogP contribution in [0.15, 0.2) is 24.3 Å². The maximum absolute atomic E-state index is 11.3. The van der Waals surface area contributed by atoms with E-state index in [1.807, 2.05) is 16.8 Å². The fourth-order valence-corrected chi connectivity index (χ4v) is 3.88. The molecule has 0 radical (unpaired) electrons. The Balaban J connectivity index is 0.00000320. The molecule has 0 saturated heterocycles. The minimum absolute atomic E-state index is 0. The third-order valence-corrected chi connectivity index (χ3v) is 5.43. The maximum Gasteiger partial charge on any atom is 0.248 e. The average Bonchev–Trinajstić information content (AvgIpc) is 3.13. The Morgan fingerprint density at radius 3 is 2.43 bits per heavy atom. The quantitative estimate of drug-likeness (QED) is 0.720. The molecule has 1 fully saturated rings. The van der Waals surface area contributed by atoms with Gasteiger partial charge in [-0.15, -0.1) is 12.4 Å². The molecule has 1 aromatic carbocycles. The summed E-state index contributed by atoms with van der Waals surface area (Å²) in [7, 11) is 0. The summed E-state index contributed by atoms with van der Waals surface area (Å²) < 4.78 is 7.95. The lowest BCUT2D eigenvalue weighted by molar-refractivity contribution is 0.0104. The fourth-order valence-electron chi connectivity index (χ4n) is 3.88. The van der Waals surface area contributed by atoms with Gasteiger partial charge in [0, 0.05) is 29.7 Å². The molecule has 1 aromatic heterocycles. The highest BCUT2D eigenvalue weighted by molar-refractivity contribution is 5.93. The van der Waals surface area contributed by atoms with E-state index in [0.29, 0.717) is 11.4 Å². The van der Waals surface area contributed by atoms with Crippen LogP contribution in [0.2, 0.25) is 0 Å². The largest absolute Gasteiger partial charge is 0.377 e. The summed E-state index contributed by atoms with van der Waals surface area (Å²) in [6.45, 7) is 9.25. The molecule has 1 heterocycles. The number of rotatable bonds is 6. The number of nitrogens with two attached hydrogens (primary N) is 2. The lowest BCUT2D eigenvalue weighted by Gasteiger charge is -2.34. The van der Waals surface area contributed by atoms with Crippen molar-refractivity contribution in [2.45, 2.75) is 77.0 Å². The Hall–Kier alpha value is -1.96. The number of carbonyl (C=O) groups excluding carboxylic acids is 1. The van der Waals surface area contributed by atoms with E-state index in [1.54, 1.807) is 12.1 Å². The van der Waals surface area contributed by atoms with Crippen LogP contribution in [0.5, 0.6) is 0 Å². The zero-order valence-electron chi connectivity index (χ0n) is 18.3. The average molecular weight is 436 g/mol. The number of carbonyl (C=O) groups is 1. The number of hydrogen-bond donors (Lipinski definition) is 2. The summed E-state index contributed by atoms with van der Waals surface area (Å²) in [5.74, 6) is 1.43. The second-order valence-corrected chi connectivity index (χ2v) is 8.90. The van der Waals surface area contributed by atoms with Gasteiger partial charge in [0.15, 0.2) is 5.82 Å². The van der Waals surface area contributed by atoms with Gasteiger partial charge in [0.2, 0.25) is 5.91 Å². The predicted molar refractivity (Wildman–Crippen MR) is 121 cm³/mol. The summed E-state index contributed by atoms with van der Waals surface area (Å²) in [5, 5.41) is 4.81. The van der Waals surface area contributed by atoms with Crippen molar-refractivity contribution < 1.29 is 9.53 Å². The standard InChI is InChI=1S/C22H33N5O2.ClH/c1-5-12-29-18-11-10-16(13-17(18)23)21-25-20(26-27(21)22(2,3)4)15-8-6-14(7-9-15)19(24)28;/h6-9,16-18H,5,10-13,23H2,1-4H3,(H2,24,28);1H/t16-,17+,18+;/m0./s1. The number of halogens is 1. The van der Waals surface area contributed by atoms with Crippen LogP contribution < -0.4 is 11.5 Å². The molecule has 1 amide bonds. The molecule has 0 aliphatic heterocycles. The van der Waals surface area contributed by atoms with Crippen LogP contribution in [0, 0.1) is 0 Å². The Labute approximate surface area is 185 Å². The van der Waals surface area contributed by atoms with Gasteiger partial charge in [-0.1, -0.05) is 19.1 Å². The number of benzene rings is 1. The second kappa shape index (κ2) is 9.90. The van der Waals surface area contributed by atoms with Crippen LogP contribution in [-0.4, -0.2) is 39.4 Å². The summed E-state index contributed by atoms with van der Waals surface area (Å²) in [4.78, 5) is 16.2. The highest BCUT2D eigenvalue weighted by Gasteiger charge is 2.34. The van der Waals surface area contributed by atoms with Gasteiger partial charge in [-0.3, -0.25) is 4.79 Å². The number of nitrogens with zero attached hydrogens (tertiary/aromatic N) is 3. The highest BCUT2D eigenvalue weighted by atomic mass is 35.5. The van der Waals surface area contributed by atoms with E-state index in [0.717, 1.165) is 43.7 Å². The van der Waals surface area contributed by atoms with Crippen molar-refractivity contribution in [3.05, 3.63) is 35.7 Å². The van der Waals surface area contributed by atoms with Gasteiger partial charge in [0.1, 0.15) is 5.82 Å². The smallest absolute Gasteiger partial charge is 0.248 e. The first-order valence-corrected chi connectivity index (χ1v) is 10.5. The van der Waals surface area contributed by atoms with Gasteiger partial charge >= 0.3 is 0 Å². The molecule has 1 aliphatic rings. The van der Waals surface area contributed by atoms with Crippen LogP contribution in [0.1, 0.15) is 75.5 Å². The van der Waals surface area contributed by atoms with Crippen molar-refractivity contribution in [1.29, 1.82) is 0 Å². The van der Waals surface area contributed by atoms with Crippen LogP contribution in [0.3, 0.4) is 0 Å². The van der Waals surface area contributed by atoms with E-state index in [1.165, 1.54) is 0 Å². The van der Waals surface area contributed by atoms with E-state index >= 15 is 0 Å². The minimum atomic E-state index is -0.443. The molecule has 166 valence electrons. The number of aromatic nitrogens is 3.